The maximum absolute atomic E-state index is 12.7. The first-order valence-corrected chi connectivity index (χ1v) is 7.38. The first-order valence-electron chi connectivity index (χ1n) is 7.38. The van der Waals surface area contributed by atoms with Crippen molar-refractivity contribution in [2.75, 3.05) is 6.54 Å². The van der Waals surface area contributed by atoms with E-state index in [2.05, 4.69) is 0 Å². The zero-order chi connectivity index (χ0) is 15.0. The quantitative estimate of drug-likeness (QED) is 0.813. The molecule has 112 valence electrons. The molecule has 5 nitrogen and oxygen atoms in total. The highest BCUT2D eigenvalue weighted by Crippen LogP contribution is 2.42. The Morgan fingerprint density at radius 1 is 1.38 bits per heavy atom. The molecule has 0 aromatic heterocycles. The number of piperidine rings is 1. The number of nitrogens with zero attached hydrogens (tertiary/aromatic N) is 1. The standard InChI is InChI=1S/C16H20N2O3/c17-12-7-4-8-18-13(12)10-16(14(18)19,15(20)21)9-11-5-2-1-3-6-11/h1-3,5-6,12-13H,4,7-10,17H2,(H,20,21). The smallest absolute Gasteiger partial charge is 0.319 e. The van der Waals surface area contributed by atoms with E-state index in [4.69, 9.17) is 5.73 Å². The highest BCUT2D eigenvalue weighted by Gasteiger charge is 2.58. The zero-order valence-electron chi connectivity index (χ0n) is 11.9. The number of carbonyl (C=O) groups excluding carboxylic acids is 1. The van der Waals surface area contributed by atoms with Crippen LogP contribution < -0.4 is 5.73 Å². The Bertz CT molecular complexity index is 560. The molecule has 2 saturated heterocycles. The minimum atomic E-state index is -1.35. The third-order valence-electron chi connectivity index (χ3n) is 4.82. The highest BCUT2D eigenvalue weighted by atomic mass is 16.4. The number of benzene rings is 1. The molecule has 3 atom stereocenters. The Hall–Kier alpha value is -1.88. The summed E-state index contributed by atoms with van der Waals surface area (Å²) < 4.78 is 0. The summed E-state index contributed by atoms with van der Waals surface area (Å²) in [6.07, 6.45) is 2.26. The van der Waals surface area contributed by atoms with Gasteiger partial charge in [0.1, 0.15) is 0 Å². The molecule has 1 amide bonds. The molecular weight excluding hydrogens is 268 g/mol. The van der Waals surface area contributed by atoms with Crippen molar-refractivity contribution in [1.29, 1.82) is 0 Å². The van der Waals surface area contributed by atoms with Crippen molar-refractivity contribution in [2.24, 2.45) is 11.1 Å². The van der Waals surface area contributed by atoms with Gasteiger partial charge >= 0.3 is 5.97 Å². The van der Waals surface area contributed by atoms with Gasteiger partial charge in [-0.2, -0.15) is 0 Å². The van der Waals surface area contributed by atoms with Crippen LogP contribution in [0.15, 0.2) is 30.3 Å². The van der Waals surface area contributed by atoms with Crippen LogP contribution in [0.1, 0.15) is 24.8 Å². The Morgan fingerprint density at radius 2 is 2.10 bits per heavy atom. The molecule has 3 rings (SSSR count). The lowest BCUT2D eigenvalue weighted by molar-refractivity contribution is -0.156. The predicted octanol–water partition coefficient (Wildman–Crippen LogP) is 1.02. The fraction of sp³-hybridized carbons (Fsp3) is 0.500. The van der Waals surface area contributed by atoms with Crippen molar-refractivity contribution in [2.45, 2.75) is 37.8 Å². The lowest BCUT2D eigenvalue weighted by Crippen LogP contribution is -2.50. The zero-order valence-corrected chi connectivity index (χ0v) is 11.9. The number of aliphatic carboxylic acids is 1. The average Bonchev–Trinajstić information content (AvgIpc) is 2.76. The van der Waals surface area contributed by atoms with Crippen LogP contribution in [0, 0.1) is 5.41 Å². The van der Waals surface area contributed by atoms with Gasteiger partial charge in [-0.1, -0.05) is 30.3 Å². The minimum Gasteiger partial charge on any atom is -0.480 e. The number of hydrogen-bond acceptors (Lipinski definition) is 3. The lowest BCUT2D eigenvalue weighted by Gasteiger charge is -2.34. The second kappa shape index (κ2) is 5.15. The Balaban J connectivity index is 1.95. The van der Waals surface area contributed by atoms with Crippen LogP contribution in [-0.2, 0) is 16.0 Å². The van der Waals surface area contributed by atoms with E-state index in [-0.39, 0.29) is 24.4 Å². The molecule has 2 heterocycles. The van der Waals surface area contributed by atoms with Gasteiger partial charge in [0, 0.05) is 18.6 Å². The maximum Gasteiger partial charge on any atom is 0.319 e. The van der Waals surface area contributed by atoms with Gasteiger partial charge in [-0.05, 0) is 31.2 Å². The largest absolute Gasteiger partial charge is 0.480 e. The predicted molar refractivity (Wildman–Crippen MR) is 77.5 cm³/mol. The molecule has 2 fully saturated rings. The van der Waals surface area contributed by atoms with Gasteiger partial charge in [0.15, 0.2) is 5.41 Å². The van der Waals surface area contributed by atoms with Gasteiger partial charge in [-0.3, -0.25) is 9.59 Å². The molecule has 0 bridgehead atoms. The van der Waals surface area contributed by atoms with Crippen LogP contribution in [0.5, 0.6) is 0 Å². The number of carbonyl (C=O) groups is 2. The molecule has 3 N–H and O–H groups in total. The first kappa shape index (κ1) is 14.1. The molecule has 1 aromatic carbocycles. The van der Waals surface area contributed by atoms with E-state index >= 15 is 0 Å². The number of rotatable bonds is 3. The SMILES string of the molecule is NC1CCCN2C(=O)C(Cc3ccccc3)(C(=O)O)CC12. The number of carboxylic acids is 1. The lowest BCUT2D eigenvalue weighted by atomic mass is 9.78. The molecule has 0 spiro atoms. The molecule has 21 heavy (non-hydrogen) atoms. The number of carboxylic acid groups (broad SMARTS) is 1. The van der Waals surface area contributed by atoms with Gasteiger partial charge in [0.05, 0.1) is 0 Å². The Kier molecular flexibility index (Phi) is 3.45. The molecule has 0 saturated carbocycles. The fourth-order valence-electron chi connectivity index (χ4n) is 3.67. The van der Waals surface area contributed by atoms with Gasteiger partial charge < -0.3 is 15.7 Å². The second-order valence-electron chi connectivity index (χ2n) is 6.13. The van der Waals surface area contributed by atoms with Crippen LogP contribution in [0.2, 0.25) is 0 Å². The van der Waals surface area contributed by atoms with Gasteiger partial charge in [-0.15, -0.1) is 0 Å². The molecule has 0 radical (unpaired) electrons. The molecule has 2 aliphatic rings. The van der Waals surface area contributed by atoms with E-state index in [1.54, 1.807) is 4.90 Å². The minimum absolute atomic E-state index is 0.111. The highest BCUT2D eigenvalue weighted by molar-refractivity contribution is 6.04. The van der Waals surface area contributed by atoms with Crippen LogP contribution in [0.4, 0.5) is 0 Å². The van der Waals surface area contributed by atoms with E-state index in [0.29, 0.717) is 13.0 Å². The molecule has 3 unspecified atom stereocenters. The monoisotopic (exact) mass is 288 g/mol. The second-order valence-corrected chi connectivity index (χ2v) is 6.13. The summed E-state index contributed by atoms with van der Waals surface area (Å²) in [5, 5.41) is 9.74. The van der Waals surface area contributed by atoms with Crippen LogP contribution in [0.25, 0.3) is 0 Å². The summed E-state index contributed by atoms with van der Waals surface area (Å²) in [7, 11) is 0. The van der Waals surface area contributed by atoms with E-state index in [0.717, 1.165) is 18.4 Å². The topological polar surface area (TPSA) is 83.6 Å². The number of hydrogen-bond donors (Lipinski definition) is 2. The number of amides is 1. The van der Waals surface area contributed by atoms with Crippen molar-refractivity contribution >= 4 is 11.9 Å². The average molecular weight is 288 g/mol. The summed E-state index contributed by atoms with van der Waals surface area (Å²) in [5.74, 6) is -1.29. The summed E-state index contributed by atoms with van der Waals surface area (Å²) >= 11 is 0. The van der Waals surface area contributed by atoms with E-state index in [9.17, 15) is 14.7 Å². The first-order chi connectivity index (χ1) is 10.0. The number of fused-ring (bicyclic) bond motifs is 1. The van der Waals surface area contributed by atoms with E-state index in [1.807, 2.05) is 30.3 Å². The number of nitrogens with two attached hydrogens (primary N) is 1. The van der Waals surface area contributed by atoms with Crippen LogP contribution >= 0.6 is 0 Å². The van der Waals surface area contributed by atoms with Crippen molar-refractivity contribution in [3.63, 3.8) is 0 Å². The molecule has 2 aliphatic heterocycles. The normalized spacial score (nSPS) is 32.0. The van der Waals surface area contributed by atoms with E-state index < -0.39 is 11.4 Å². The van der Waals surface area contributed by atoms with Crippen molar-refractivity contribution in [3.8, 4) is 0 Å². The molecular formula is C16H20N2O3. The third kappa shape index (κ3) is 2.21. The van der Waals surface area contributed by atoms with E-state index in [1.165, 1.54) is 0 Å². The summed E-state index contributed by atoms with van der Waals surface area (Å²) in [4.78, 5) is 26.3. The van der Waals surface area contributed by atoms with Gasteiger partial charge in [0.2, 0.25) is 5.91 Å². The summed E-state index contributed by atoms with van der Waals surface area (Å²) in [6, 6.07) is 9.11. The maximum atomic E-state index is 12.7. The van der Waals surface area contributed by atoms with Gasteiger partial charge in [0.25, 0.3) is 0 Å². The summed E-state index contributed by atoms with van der Waals surface area (Å²) in [5.41, 5.74) is 5.63. The molecule has 0 aliphatic carbocycles. The van der Waals surface area contributed by atoms with Crippen molar-refractivity contribution in [1.82, 2.24) is 4.90 Å². The van der Waals surface area contributed by atoms with Gasteiger partial charge in [-0.25, -0.2) is 0 Å². The van der Waals surface area contributed by atoms with Crippen LogP contribution in [-0.4, -0.2) is 40.5 Å². The Labute approximate surface area is 123 Å². The Morgan fingerprint density at radius 3 is 2.71 bits per heavy atom. The molecule has 1 aromatic rings. The molecule has 5 heteroatoms. The van der Waals surface area contributed by atoms with Crippen molar-refractivity contribution in [3.05, 3.63) is 35.9 Å². The fourth-order valence-corrected chi connectivity index (χ4v) is 3.67. The van der Waals surface area contributed by atoms with Crippen LogP contribution in [0.3, 0.4) is 0 Å². The summed E-state index contributed by atoms with van der Waals surface area (Å²) in [6.45, 7) is 0.626. The van der Waals surface area contributed by atoms with Crippen molar-refractivity contribution < 1.29 is 14.7 Å². The third-order valence-corrected chi connectivity index (χ3v) is 4.82.